The zero-order valence-corrected chi connectivity index (χ0v) is 11.9. The zero-order chi connectivity index (χ0) is 12.9. The van der Waals surface area contributed by atoms with Crippen LogP contribution in [0.5, 0.6) is 0 Å². The van der Waals surface area contributed by atoms with Gasteiger partial charge in [-0.1, -0.05) is 43.2 Å². The van der Waals surface area contributed by atoms with E-state index in [2.05, 4.69) is 40.6 Å². The molecule has 1 aromatic carbocycles. The van der Waals surface area contributed by atoms with Crippen molar-refractivity contribution in [1.29, 1.82) is 0 Å². The van der Waals surface area contributed by atoms with Gasteiger partial charge in [0, 0.05) is 23.7 Å². The number of hydrogen-bond acceptors (Lipinski definition) is 3. The molecule has 1 atom stereocenters. The van der Waals surface area contributed by atoms with Gasteiger partial charge >= 0.3 is 0 Å². The molecule has 2 nitrogen and oxygen atoms in total. The molecule has 1 unspecified atom stereocenters. The van der Waals surface area contributed by atoms with Crippen molar-refractivity contribution >= 4 is 11.3 Å². The summed E-state index contributed by atoms with van der Waals surface area (Å²) in [5.74, 6) is 0.787. The highest BCUT2D eigenvalue weighted by Crippen LogP contribution is 2.35. The Labute approximate surface area is 118 Å². The van der Waals surface area contributed by atoms with E-state index in [0.29, 0.717) is 6.04 Å². The summed E-state index contributed by atoms with van der Waals surface area (Å²) in [6.07, 6.45) is 7.45. The Kier molecular flexibility index (Phi) is 4.26. The predicted octanol–water partition coefficient (Wildman–Crippen LogP) is 4.16. The van der Waals surface area contributed by atoms with E-state index in [0.717, 1.165) is 12.5 Å². The fourth-order valence-electron chi connectivity index (χ4n) is 3.05. The van der Waals surface area contributed by atoms with Crippen LogP contribution < -0.4 is 5.32 Å². The van der Waals surface area contributed by atoms with Gasteiger partial charge in [0.1, 0.15) is 0 Å². The lowest BCUT2D eigenvalue weighted by Gasteiger charge is -2.25. The van der Waals surface area contributed by atoms with Gasteiger partial charge in [0.2, 0.25) is 0 Å². The highest BCUT2D eigenvalue weighted by Gasteiger charge is 2.25. The average molecular weight is 272 g/mol. The summed E-state index contributed by atoms with van der Waals surface area (Å²) in [5, 5.41) is 3.75. The average Bonchev–Trinajstić information content (AvgIpc) is 3.13. The first-order valence-corrected chi connectivity index (χ1v) is 7.97. The molecule has 1 heterocycles. The minimum Gasteiger partial charge on any atom is -0.305 e. The van der Waals surface area contributed by atoms with Crippen molar-refractivity contribution in [3.8, 4) is 0 Å². The number of rotatable bonds is 5. The molecule has 2 aromatic rings. The molecule has 0 amide bonds. The maximum absolute atomic E-state index is 4.15. The van der Waals surface area contributed by atoms with Gasteiger partial charge < -0.3 is 5.32 Å². The molecule has 1 aliphatic carbocycles. The quantitative estimate of drug-likeness (QED) is 0.884. The fraction of sp³-hybridized carbons (Fsp3) is 0.438. The van der Waals surface area contributed by atoms with Crippen LogP contribution in [0.4, 0.5) is 0 Å². The van der Waals surface area contributed by atoms with E-state index in [1.165, 1.54) is 36.1 Å². The lowest BCUT2D eigenvalue weighted by Crippen LogP contribution is -2.26. The van der Waals surface area contributed by atoms with Crippen molar-refractivity contribution in [2.75, 3.05) is 0 Å². The fourth-order valence-corrected chi connectivity index (χ4v) is 3.59. The summed E-state index contributed by atoms with van der Waals surface area (Å²) >= 11 is 1.73. The summed E-state index contributed by atoms with van der Waals surface area (Å²) in [4.78, 5) is 5.47. The summed E-state index contributed by atoms with van der Waals surface area (Å²) in [7, 11) is 0. The van der Waals surface area contributed by atoms with Crippen LogP contribution in [0.1, 0.15) is 42.2 Å². The molecular formula is C16H20N2S. The van der Waals surface area contributed by atoms with E-state index in [-0.39, 0.29) is 0 Å². The van der Waals surface area contributed by atoms with Crippen LogP contribution in [0, 0.1) is 5.92 Å². The summed E-state index contributed by atoms with van der Waals surface area (Å²) in [6, 6.07) is 11.4. The van der Waals surface area contributed by atoms with Crippen molar-refractivity contribution in [2.24, 2.45) is 5.92 Å². The van der Waals surface area contributed by atoms with Gasteiger partial charge in [-0.05, 0) is 24.3 Å². The maximum atomic E-state index is 4.15. The second-order valence-corrected chi connectivity index (χ2v) is 6.25. The molecule has 3 heteroatoms. The van der Waals surface area contributed by atoms with Gasteiger partial charge in [0.25, 0.3) is 0 Å². The summed E-state index contributed by atoms with van der Waals surface area (Å²) < 4.78 is 0. The van der Waals surface area contributed by atoms with Gasteiger partial charge in [-0.25, -0.2) is 0 Å². The van der Waals surface area contributed by atoms with Crippen molar-refractivity contribution in [2.45, 2.75) is 38.3 Å². The lowest BCUT2D eigenvalue weighted by molar-refractivity contribution is 0.367. The summed E-state index contributed by atoms with van der Waals surface area (Å²) in [5.41, 5.74) is 3.34. The Morgan fingerprint density at radius 2 is 2.00 bits per heavy atom. The van der Waals surface area contributed by atoms with Crippen LogP contribution in [-0.4, -0.2) is 4.98 Å². The van der Waals surface area contributed by atoms with Crippen LogP contribution >= 0.6 is 11.3 Å². The first-order chi connectivity index (χ1) is 9.43. The van der Waals surface area contributed by atoms with Gasteiger partial charge in [0.15, 0.2) is 0 Å². The van der Waals surface area contributed by atoms with Crippen LogP contribution in [-0.2, 0) is 6.54 Å². The van der Waals surface area contributed by atoms with Crippen LogP contribution in [0.25, 0.3) is 0 Å². The van der Waals surface area contributed by atoms with Crippen LogP contribution in [0.3, 0.4) is 0 Å². The SMILES string of the molecule is c1ccc(C(NCc2cncs2)C2CCCC2)cc1. The van der Waals surface area contributed by atoms with E-state index < -0.39 is 0 Å². The van der Waals surface area contributed by atoms with Gasteiger partial charge in [-0.2, -0.15) is 0 Å². The van der Waals surface area contributed by atoms with Crippen molar-refractivity contribution in [3.05, 3.63) is 52.5 Å². The third kappa shape index (κ3) is 3.23. The van der Waals surface area contributed by atoms with E-state index >= 15 is 0 Å². The molecule has 1 saturated carbocycles. The molecule has 1 aliphatic rings. The second kappa shape index (κ2) is 6.31. The molecule has 19 heavy (non-hydrogen) atoms. The minimum absolute atomic E-state index is 0.491. The molecule has 0 aliphatic heterocycles. The Hall–Kier alpha value is -1.19. The third-order valence-electron chi connectivity index (χ3n) is 4.01. The Morgan fingerprint density at radius 1 is 1.21 bits per heavy atom. The minimum atomic E-state index is 0.491. The molecule has 1 aromatic heterocycles. The van der Waals surface area contributed by atoms with E-state index in [9.17, 15) is 0 Å². The van der Waals surface area contributed by atoms with Gasteiger partial charge in [0.05, 0.1) is 5.51 Å². The number of hydrogen-bond donors (Lipinski definition) is 1. The second-order valence-electron chi connectivity index (χ2n) is 5.28. The van der Waals surface area contributed by atoms with Crippen molar-refractivity contribution < 1.29 is 0 Å². The molecule has 1 N–H and O–H groups in total. The highest BCUT2D eigenvalue weighted by molar-refractivity contribution is 7.09. The number of aromatic nitrogens is 1. The molecule has 0 bridgehead atoms. The van der Waals surface area contributed by atoms with Gasteiger partial charge in [-0.3, -0.25) is 4.98 Å². The predicted molar refractivity (Wildman–Crippen MR) is 80.1 cm³/mol. The molecule has 1 fully saturated rings. The molecule has 0 saturated heterocycles. The monoisotopic (exact) mass is 272 g/mol. The first-order valence-electron chi connectivity index (χ1n) is 7.09. The molecular weight excluding hydrogens is 252 g/mol. The van der Waals surface area contributed by atoms with Gasteiger partial charge in [-0.15, -0.1) is 11.3 Å². The molecule has 0 radical (unpaired) electrons. The smallest absolute Gasteiger partial charge is 0.0794 e. The van der Waals surface area contributed by atoms with Crippen molar-refractivity contribution in [3.63, 3.8) is 0 Å². The maximum Gasteiger partial charge on any atom is 0.0794 e. The highest BCUT2D eigenvalue weighted by atomic mass is 32.1. The Morgan fingerprint density at radius 3 is 2.68 bits per heavy atom. The zero-order valence-electron chi connectivity index (χ0n) is 11.1. The topological polar surface area (TPSA) is 24.9 Å². The number of nitrogens with zero attached hydrogens (tertiary/aromatic N) is 1. The number of nitrogens with one attached hydrogen (secondary N) is 1. The summed E-state index contributed by atoms with van der Waals surface area (Å²) in [6.45, 7) is 0.931. The standard InChI is InChI=1S/C16H20N2S/c1-2-6-13(7-3-1)16(14-8-4-5-9-14)18-11-15-10-17-12-19-15/h1-3,6-7,10,12,14,16,18H,4-5,8-9,11H2. The van der Waals surface area contributed by atoms with Crippen LogP contribution in [0.2, 0.25) is 0 Å². The number of benzene rings is 1. The lowest BCUT2D eigenvalue weighted by atomic mass is 9.91. The van der Waals surface area contributed by atoms with E-state index in [4.69, 9.17) is 0 Å². The largest absolute Gasteiger partial charge is 0.305 e. The van der Waals surface area contributed by atoms with Crippen LogP contribution in [0.15, 0.2) is 42.0 Å². The van der Waals surface area contributed by atoms with E-state index in [1.54, 1.807) is 11.3 Å². The molecule has 0 spiro atoms. The Balaban J connectivity index is 1.72. The molecule has 100 valence electrons. The Bertz CT molecular complexity index is 475. The number of thiazole rings is 1. The van der Waals surface area contributed by atoms with Crippen molar-refractivity contribution in [1.82, 2.24) is 10.3 Å². The molecule has 3 rings (SSSR count). The normalized spacial score (nSPS) is 17.7. The first kappa shape index (κ1) is 12.8. The van der Waals surface area contributed by atoms with E-state index in [1.807, 2.05) is 11.7 Å². The third-order valence-corrected chi connectivity index (χ3v) is 4.79.